The molecule has 456 valence electrons. The summed E-state index contributed by atoms with van der Waals surface area (Å²) in [6.45, 7) is 6.38. The van der Waals surface area contributed by atoms with Gasteiger partial charge in [0.1, 0.15) is 0 Å². The van der Waals surface area contributed by atoms with Gasteiger partial charge in [-0.05, 0) is 167 Å². The van der Waals surface area contributed by atoms with Crippen LogP contribution in [0.15, 0.2) is 365 Å². The summed E-state index contributed by atoms with van der Waals surface area (Å²) in [7, 11) is 0. The van der Waals surface area contributed by atoms with Gasteiger partial charge in [0.05, 0.1) is 39.3 Å². The van der Waals surface area contributed by atoms with Crippen LogP contribution in [0.25, 0.3) is 112 Å². The minimum atomic E-state index is 0.789. The molecule has 4 heteroatoms. The molecule has 0 atom stereocenters. The Labute approximate surface area is 561 Å². The zero-order valence-electron chi connectivity index (χ0n) is 53.4. The van der Waals surface area contributed by atoms with Crippen LogP contribution in [0, 0.1) is 0 Å². The second-order valence-corrected chi connectivity index (χ2v) is 24.4. The number of anilines is 6. The topological polar surface area (TPSA) is 16.3 Å². The summed E-state index contributed by atoms with van der Waals surface area (Å²) in [6, 6.07) is 128. The highest BCUT2D eigenvalue weighted by Gasteiger charge is 2.22. The average Bonchev–Trinajstić information content (AvgIpc) is 1.55. The van der Waals surface area contributed by atoms with Crippen molar-refractivity contribution in [1.82, 2.24) is 9.13 Å². The highest BCUT2D eigenvalue weighted by Crippen LogP contribution is 2.45. The summed E-state index contributed by atoms with van der Waals surface area (Å²) in [5, 5.41) is 3.70. The lowest BCUT2D eigenvalue weighted by molar-refractivity contribution is 1.11. The zero-order valence-corrected chi connectivity index (χ0v) is 53.4. The Morgan fingerprint density at radius 3 is 1.23 bits per heavy atom. The molecule has 0 radical (unpaired) electrons. The predicted molar refractivity (Wildman–Crippen MR) is 408 cm³/mol. The third-order valence-corrected chi connectivity index (χ3v) is 18.7. The highest BCUT2D eigenvalue weighted by atomic mass is 15.1. The normalized spacial score (nSPS) is 11.4. The Balaban J connectivity index is 0.693. The van der Waals surface area contributed by atoms with Gasteiger partial charge in [-0.2, -0.15) is 0 Å². The van der Waals surface area contributed by atoms with E-state index in [1.807, 2.05) is 6.08 Å². The van der Waals surface area contributed by atoms with Crippen molar-refractivity contribution in [1.29, 1.82) is 0 Å². The fourth-order valence-corrected chi connectivity index (χ4v) is 14.2. The van der Waals surface area contributed by atoms with Crippen molar-refractivity contribution in [3.63, 3.8) is 0 Å². The van der Waals surface area contributed by atoms with Crippen LogP contribution in [0.4, 0.5) is 34.1 Å². The van der Waals surface area contributed by atoms with Gasteiger partial charge in [-0.1, -0.05) is 274 Å². The van der Waals surface area contributed by atoms with Crippen LogP contribution in [0.1, 0.15) is 29.3 Å². The molecule has 0 saturated heterocycles. The van der Waals surface area contributed by atoms with E-state index in [2.05, 4.69) is 396 Å². The molecule has 0 aliphatic carbocycles. The van der Waals surface area contributed by atoms with Gasteiger partial charge in [0.25, 0.3) is 0 Å². The first-order valence-corrected chi connectivity index (χ1v) is 33.0. The number of allylic oxidation sites excluding steroid dienone is 1. The number of para-hydroxylation sites is 6. The lowest BCUT2D eigenvalue weighted by atomic mass is 9.98. The molecule has 0 N–H and O–H groups in total. The van der Waals surface area contributed by atoms with Crippen LogP contribution in [0.5, 0.6) is 0 Å². The number of hydrogen-bond donors (Lipinski definition) is 0. The van der Waals surface area contributed by atoms with E-state index < -0.39 is 0 Å². The number of nitrogens with zero attached hydrogens (tertiary/aromatic N) is 4. The Bertz CT molecular complexity index is 5430. The van der Waals surface area contributed by atoms with Crippen molar-refractivity contribution in [2.75, 3.05) is 9.80 Å². The molecule has 0 bridgehead atoms. The molecule has 4 nitrogen and oxygen atoms in total. The summed E-state index contributed by atoms with van der Waals surface area (Å²) in [4.78, 5) is 4.76. The molecular weight excluding hydrogens is 1160 g/mol. The number of aromatic nitrogens is 2. The molecule has 0 saturated carbocycles. The summed E-state index contributed by atoms with van der Waals surface area (Å²) in [5.74, 6) is 0. The van der Waals surface area contributed by atoms with Crippen molar-refractivity contribution >= 4 is 79.0 Å². The third-order valence-electron chi connectivity index (χ3n) is 18.7. The van der Waals surface area contributed by atoms with E-state index >= 15 is 0 Å². The maximum absolute atomic E-state index is 4.31. The molecule has 0 aliphatic rings. The Hall–Kier alpha value is -12.5. The summed E-state index contributed by atoms with van der Waals surface area (Å²) >= 11 is 0. The minimum Gasteiger partial charge on any atom is -0.311 e. The van der Waals surface area contributed by atoms with Crippen molar-refractivity contribution < 1.29 is 0 Å². The fraction of sp³-hybridized carbons (Fsp3) is 0.0217. The van der Waals surface area contributed by atoms with Crippen LogP contribution in [-0.4, -0.2) is 9.13 Å². The van der Waals surface area contributed by atoms with Gasteiger partial charge in [-0.25, -0.2) is 0 Å². The van der Waals surface area contributed by atoms with Crippen LogP contribution < -0.4 is 9.80 Å². The quantitative estimate of drug-likeness (QED) is 0.0903. The van der Waals surface area contributed by atoms with Gasteiger partial charge in [0.2, 0.25) is 0 Å². The van der Waals surface area contributed by atoms with Crippen molar-refractivity contribution in [3.05, 3.63) is 387 Å². The molecule has 14 aromatic carbocycles. The first-order chi connectivity index (χ1) is 47.5. The van der Waals surface area contributed by atoms with Gasteiger partial charge in [-0.15, -0.1) is 0 Å². The molecule has 0 fully saturated rings. The van der Waals surface area contributed by atoms with Crippen LogP contribution in [0.3, 0.4) is 0 Å². The van der Waals surface area contributed by atoms with E-state index in [9.17, 15) is 0 Å². The molecule has 2 aromatic heterocycles. The van der Waals surface area contributed by atoms with Gasteiger partial charge >= 0.3 is 0 Å². The van der Waals surface area contributed by atoms with Crippen LogP contribution in [0.2, 0.25) is 0 Å². The molecular formula is C92H68N4. The number of rotatable bonds is 17. The van der Waals surface area contributed by atoms with E-state index in [-0.39, 0.29) is 0 Å². The summed E-state index contributed by atoms with van der Waals surface area (Å²) in [6.07, 6.45) is 7.07. The molecule has 0 unspecified atom stereocenters. The van der Waals surface area contributed by atoms with Crippen molar-refractivity contribution in [2.24, 2.45) is 0 Å². The van der Waals surface area contributed by atoms with Crippen LogP contribution in [-0.2, 0) is 6.42 Å². The van der Waals surface area contributed by atoms with E-state index in [4.69, 9.17) is 0 Å². The molecule has 0 amide bonds. The number of fused-ring (bicyclic) bond motifs is 4. The standard InChI is InChI=1S/C92H68N4/c1-3-24-82-83-34-14-20-40-90(83)95(86(82)4-2)88-38-18-12-32-80(88)72-51-61-78(62-52-72)94(87-37-17-11-31-79(87)70-28-9-6-10-29-70)77-57-47-69(48-58-77)73-30-23-25-66(64-73)63-65-43-53-74(54-44-65)93(75-55-45-68(46-56-75)67-26-7-5-8-27-67)76-59-49-71(50-60-76)81-33-13-19-39-89(81)96-91-41-21-15-35-84(91)85-36-16-22-42-92(85)96/h3-62,64H,2,63H2,1H3/b24-3-. The Morgan fingerprint density at radius 2 is 0.688 bits per heavy atom. The molecule has 2 heterocycles. The minimum absolute atomic E-state index is 0.789. The second-order valence-electron chi connectivity index (χ2n) is 24.4. The first kappa shape index (κ1) is 58.6. The third kappa shape index (κ3) is 11.1. The highest BCUT2D eigenvalue weighted by molar-refractivity contribution is 6.10. The average molecular weight is 1230 g/mol. The lowest BCUT2D eigenvalue weighted by Crippen LogP contribution is -2.11. The summed E-state index contributed by atoms with van der Waals surface area (Å²) in [5.41, 5.74) is 28.6. The Kier molecular flexibility index (Phi) is 15.8. The molecule has 0 aliphatic heterocycles. The Morgan fingerprint density at radius 1 is 0.302 bits per heavy atom. The van der Waals surface area contributed by atoms with Gasteiger partial charge in [0, 0.05) is 66.8 Å². The molecule has 0 spiro atoms. The monoisotopic (exact) mass is 1230 g/mol. The SMILES string of the molecule is C=Cc1c(/C=C\C)c2ccccc2n1-c1ccccc1-c1ccc(N(c2ccc(-c3cccc(Cc4ccc(N(c5ccc(-c6ccccc6)cc5)c5ccc(-c6ccccc6-n6c7ccccc7c7ccccc76)cc5)cc4)c3)cc2)c2ccccc2-c2ccccc2)cc1. The van der Waals surface area contributed by atoms with Gasteiger partial charge in [-0.3, -0.25) is 0 Å². The summed E-state index contributed by atoms with van der Waals surface area (Å²) < 4.78 is 4.77. The molecule has 16 aromatic rings. The first-order valence-electron chi connectivity index (χ1n) is 33.0. The zero-order chi connectivity index (χ0) is 64.3. The molecule has 16 rings (SSSR count). The van der Waals surface area contributed by atoms with Crippen LogP contribution >= 0.6 is 0 Å². The van der Waals surface area contributed by atoms with Crippen molar-refractivity contribution in [3.8, 4) is 67.0 Å². The van der Waals surface area contributed by atoms with E-state index in [1.165, 1.54) is 66.1 Å². The maximum atomic E-state index is 4.31. The van der Waals surface area contributed by atoms with E-state index in [0.29, 0.717) is 0 Å². The van der Waals surface area contributed by atoms with Crippen molar-refractivity contribution in [2.45, 2.75) is 13.3 Å². The van der Waals surface area contributed by atoms with Gasteiger partial charge < -0.3 is 18.9 Å². The largest absolute Gasteiger partial charge is 0.311 e. The lowest BCUT2D eigenvalue weighted by Gasteiger charge is -2.28. The predicted octanol–water partition coefficient (Wildman–Crippen LogP) is 25.3. The molecule has 96 heavy (non-hydrogen) atoms. The number of hydrogen-bond acceptors (Lipinski definition) is 2. The van der Waals surface area contributed by atoms with E-state index in [1.54, 1.807) is 0 Å². The maximum Gasteiger partial charge on any atom is 0.0541 e. The van der Waals surface area contributed by atoms with Gasteiger partial charge in [0.15, 0.2) is 0 Å². The smallest absolute Gasteiger partial charge is 0.0541 e. The number of benzene rings is 14. The van der Waals surface area contributed by atoms with E-state index in [0.717, 1.165) is 96.5 Å². The second kappa shape index (κ2) is 25.9. The fourth-order valence-electron chi connectivity index (χ4n) is 14.2.